The summed E-state index contributed by atoms with van der Waals surface area (Å²) in [5.74, 6) is 0.303. The number of sulfonamides is 1. The Morgan fingerprint density at radius 2 is 1.81 bits per heavy atom. The quantitative estimate of drug-likeness (QED) is 0.771. The first kappa shape index (κ1) is 19.7. The molecule has 0 bridgehead atoms. The number of methoxy groups -OCH3 is 2. The SMILES string of the molecule is COc1cccc(NC(=O)[C@@H](C)NS(=O)(=O)c2cc(C)ccc2OC)c1. The van der Waals surface area contributed by atoms with Crippen molar-refractivity contribution >= 4 is 21.6 Å². The van der Waals surface area contributed by atoms with Gasteiger partial charge in [-0.2, -0.15) is 4.72 Å². The lowest BCUT2D eigenvalue weighted by Crippen LogP contribution is -2.41. The molecule has 1 atom stereocenters. The molecule has 140 valence electrons. The molecule has 0 aromatic heterocycles. The number of aryl methyl sites for hydroxylation is 1. The number of nitrogens with one attached hydrogen (secondary N) is 2. The van der Waals surface area contributed by atoms with Crippen molar-refractivity contribution in [3.8, 4) is 11.5 Å². The first-order chi connectivity index (χ1) is 12.3. The van der Waals surface area contributed by atoms with Crippen LogP contribution in [-0.4, -0.2) is 34.6 Å². The molecule has 0 heterocycles. The summed E-state index contributed by atoms with van der Waals surface area (Å²) in [5.41, 5.74) is 1.27. The molecule has 0 fully saturated rings. The van der Waals surface area contributed by atoms with Crippen LogP contribution < -0.4 is 19.5 Å². The normalized spacial score (nSPS) is 12.3. The highest BCUT2D eigenvalue weighted by Gasteiger charge is 2.25. The first-order valence-electron chi connectivity index (χ1n) is 7.88. The van der Waals surface area contributed by atoms with Crippen LogP contribution in [0, 0.1) is 6.92 Å². The third-order valence-corrected chi connectivity index (χ3v) is 5.23. The Bertz CT molecular complexity index is 896. The van der Waals surface area contributed by atoms with Crippen molar-refractivity contribution in [1.82, 2.24) is 4.72 Å². The highest BCUT2D eigenvalue weighted by molar-refractivity contribution is 7.89. The molecule has 2 N–H and O–H groups in total. The van der Waals surface area contributed by atoms with Crippen molar-refractivity contribution < 1.29 is 22.7 Å². The van der Waals surface area contributed by atoms with Gasteiger partial charge < -0.3 is 14.8 Å². The van der Waals surface area contributed by atoms with Gasteiger partial charge in [-0.05, 0) is 43.7 Å². The number of amides is 1. The van der Waals surface area contributed by atoms with E-state index >= 15 is 0 Å². The number of anilines is 1. The van der Waals surface area contributed by atoms with Crippen LogP contribution in [-0.2, 0) is 14.8 Å². The average molecular weight is 378 g/mol. The largest absolute Gasteiger partial charge is 0.497 e. The third kappa shape index (κ3) is 4.74. The Morgan fingerprint density at radius 3 is 2.46 bits per heavy atom. The molecule has 0 spiro atoms. The van der Waals surface area contributed by atoms with E-state index in [2.05, 4.69) is 10.0 Å². The maximum atomic E-state index is 12.6. The topological polar surface area (TPSA) is 93.7 Å². The number of carbonyl (C=O) groups excluding carboxylic acids is 1. The van der Waals surface area contributed by atoms with Gasteiger partial charge in [0.05, 0.1) is 20.3 Å². The summed E-state index contributed by atoms with van der Waals surface area (Å²) in [5, 5.41) is 2.65. The van der Waals surface area contributed by atoms with E-state index < -0.39 is 22.0 Å². The van der Waals surface area contributed by atoms with Gasteiger partial charge in [0.25, 0.3) is 0 Å². The summed E-state index contributed by atoms with van der Waals surface area (Å²) in [6.07, 6.45) is 0. The van der Waals surface area contributed by atoms with Crippen molar-refractivity contribution in [3.63, 3.8) is 0 Å². The monoisotopic (exact) mass is 378 g/mol. The van der Waals surface area contributed by atoms with Crippen molar-refractivity contribution in [2.24, 2.45) is 0 Å². The van der Waals surface area contributed by atoms with E-state index in [4.69, 9.17) is 9.47 Å². The van der Waals surface area contributed by atoms with Gasteiger partial charge in [0.1, 0.15) is 16.4 Å². The van der Waals surface area contributed by atoms with Crippen LogP contribution in [0.25, 0.3) is 0 Å². The summed E-state index contributed by atoms with van der Waals surface area (Å²) in [6.45, 7) is 3.24. The molecule has 0 aliphatic rings. The second-order valence-corrected chi connectivity index (χ2v) is 7.40. The van der Waals surface area contributed by atoms with Gasteiger partial charge in [0.15, 0.2) is 0 Å². The minimum atomic E-state index is -3.94. The van der Waals surface area contributed by atoms with Crippen molar-refractivity contribution in [1.29, 1.82) is 0 Å². The van der Waals surface area contributed by atoms with Crippen LogP contribution >= 0.6 is 0 Å². The van der Waals surface area contributed by atoms with Crippen LogP contribution in [0.4, 0.5) is 5.69 Å². The Balaban J connectivity index is 2.16. The number of hydrogen-bond donors (Lipinski definition) is 2. The van der Waals surface area contributed by atoms with Crippen LogP contribution in [0.1, 0.15) is 12.5 Å². The molecule has 0 aliphatic carbocycles. The van der Waals surface area contributed by atoms with E-state index in [1.165, 1.54) is 27.2 Å². The van der Waals surface area contributed by atoms with Crippen LogP contribution in [0.3, 0.4) is 0 Å². The molecular weight excluding hydrogens is 356 g/mol. The van der Waals surface area contributed by atoms with E-state index in [0.717, 1.165) is 5.56 Å². The average Bonchev–Trinajstić information content (AvgIpc) is 2.61. The predicted molar refractivity (Wildman–Crippen MR) is 99.1 cm³/mol. The highest BCUT2D eigenvalue weighted by atomic mass is 32.2. The van der Waals surface area contributed by atoms with Crippen LogP contribution in [0.15, 0.2) is 47.4 Å². The summed E-state index contributed by atoms with van der Waals surface area (Å²) in [6, 6.07) is 10.6. The molecule has 26 heavy (non-hydrogen) atoms. The molecule has 0 aliphatic heterocycles. The smallest absolute Gasteiger partial charge is 0.244 e. The standard InChI is InChI=1S/C18H22N2O5S/c1-12-8-9-16(25-4)17(10-12)26(22,23)20-13(2)18(21)19-14-6-5-7-15(11-14)24-3/h5-11,13,20H,1-4H3,(H,19,21)/t13-/m1/s1. The van der Waals surface area contributed by atoms with Crippen LogP contribution in [0.5, 0.6) is 11.5 Å². The lowest BCUT2D eigenvalue weighted by Gasteiger charge is -2.16. The molecule has 0 saturated heterocycles. The fourth-order valence-electron chi connectivity index (χ4n) is 2.29. The van der Waals surface area contributed by atoms with Crippen LogP contribution in [0.2, 0.25) is 0 Å². The van der Waals surface area contributed by atoms with Gasteiger partial charge in [-0.1, -0.05) is 12.1 Å². The van der Waals surface area contributed by atoms with Gasteiger partial charge in [-0.25, -0.2) is 8.42 Å². The van der Waals surface area contributed by atoms with Crippen molar-refractivity contribution in [2.75, 3.05) is 19.5 Å². The van der Waals surface area contributed by atoms with Crippen molar-refractivity contribution in [2.45, 2.75) is 24.8 Å². The second-order valence-electron chi connectivity index (χ2n) is 5.72. The molecule has 2 aromatic carbocycles. The number of hydrogen-bond acceptors (Lipinski definition) is 5. The zero-order chi connectivity index (χ0) is 19.3. The van der Waals surface area contributed by atoms with Gasteiger partial charge in [0, 0.05) is 11.8 Å². The van der Waals surface area contributed by atoms with E-state index in [9.17, 15) is 13.2 Å². The number of rotatable bonds is 7. The minimum Gasteiger partial charge on any atom is -0.497 e. The molecule has 7 nitrogen and oxygen atoms in total. The van der Waals surface area contributed by atoms with Gasteiger partial charge in [-0.3, -0.25) is 4.79 Å². The Hall–Kier alpha value is -2.58. The maximum absolute atomic E-state index is 12.6. The molecule has 1 amide bonds. The Morgan fingerprint density at radius 1 is 1.08 bits per heavy atom. The number of benzene rings is 2. The molecule has 0 radical (unpaired) electrons. The molecule has 0 unspecified atom stereocenters. The Labute approximate surface area is 153 Å². The molecule has 2 aromatic rings. The summed E-state index contributed by atoms with van der Waals surface area (Å²) >= 11 is 0. The van der Waals surface area contributed by atoms with Gasteiger partial charge in [0.2, 0.25) is 15.9 Å². The lowest BCUT2D eigenvalue weighted by molar-refractivity contribution is -0.117. The molecule has 2 rings (SSSR count). The summed E-state index contributed by atoms with van der Waals surface area (Å²) in [4.78, 5) is 12.3. The third-order valence-electron chi connectivity index (χ3n) is 3.67. The summed E-state index contributed by atoms with van der Waals surface area (Å²) < 4.78 is 37.9. The number of carbonyl (C=O) groups is 1. The molecule has 8 heteroatoms. The van der Waals surface area contributed by atoms with E-state index in [1.807, 2.05) is 0 Å². The zero-order valence-corrected chi connectivity index (χ0v) is 15.9. The maximum Gasteiger partial charge on any atom is 0.244 e. The number of ether oxygens (including phenoxy) is 2. The zero-order valence-electron chi connectivity index (χ0n) is 15.1. The highest BCUT2D eigenvalue weighted by Crippen LogP contribution is 2.25. The Kier molecular flexibility index (Phi) is 6.23. The summed E-state index contributed by atoms with van der Waals surface area (Å²) in [7, 11) is -1.02. The lowest BCUT2D eigenvalue weighted by atomic mass is 10.2. The van der Waals surface area contributed by atoms with E-state index in [0.29, 0.717) is 11.4 Å². The van der Waals surface area contributed by atoms with Gasteiger partial charge in [-0.15, -0.1) is 0 Å². The van der Waals surface area contributed by atoms with Crippen molar-refractivity contribution in [3.05, 3.63) is 48.0 Å². The minimum absolute atomic E-state index is 0.0129. The fraction of sp³-hybridized carbons (Fsp3) is 0.278. The molecule has 0 saturated carbocycles. The fourth-order valence-corrected chi connectivity index (χ4v) is 3.75. The predicted octanol–water partition coefficient (Wildman–Crippen LogP) is 2.32. The van der Waals surface area contributed by atoms with E-state index in [-0.39, 0.29) is 10.6 Å². The first-order valence-corrected chi connectivity index (χ1v) is 9.37. The van der Waals surface area contributed by atoms with E-state index in [1.54, 1.807) is 43.3 Å². The molecular formula is C18H22N2O5S. The second kappa shape index (κ2) is 8.20. The van der Waals surface area contributed by atoms with Gasteiger partial charge >= 0.3 is 0 Å².